The first-order valence-electron chi connectivity index (χ1n) is 9.83. The van der Waals surface area contributed by atoms with E-state index < -0.39 is 58.8 Å². The van der Waals surface area contributed by atoms with Crippen LogP contribution < -0.4 is 16.0 Å². The van der Waals surface area contributed by atoms with Crippen molar-refractivity contribution in [1.29, 1.82) is 0 Å². The molecule has 3 rings (SSSR count). The molecule has 0 spiro atoms. The molecule has 0 atom stereocenters. The summed E-state index contributed by atoms with van der Waals surface area (Å²) in [6, 6.07) is 1.87. The average molecular weight is 565 g/mol. The van der Waals surface area contributed by atoms with E-state index in [-0.39, 0.29) is 44.9 Å². The number of hydrogen-bond donors (Lipinski definition) is 0. The van der Waals surface area contributed by atoms with Gasteiger partial charge in [-0.15, -0.1) is 0 Å². The topological polar surface area (TPSA) is 106 Å². The molecule has 9 nitrogen and oxygen atoms in total. The minimum atomic E-state index is -4.99. The summed E-state index contributed by atoms with van der Waals surface area (Å²) in [7, 11) is 0.782. The number of alkyl halides is 3. The van der Waals surface area contributed by atoms with E-state index in [1.54, 1.807) is 0 Å². The van der Waals surface area contributed by atoms with E-state index in [4.69, 9.17) is 14.2 Å². The van der Waals surface area contributed by atoms with Gasteiger partial charge < -0.3 is 14.2 Å². The first-order valence-corrected chi connectivity index (χ1v) is 10.6. The Hall–Kier alpha value is -3.42. The molecular weight excluding hydrogens is 548 g/mol. The van der Waals surface area contributed by atoms with E-state index in [1.807, 2.05) is 0 Å². The molecular formula is C21H17BrF4N2O7. The Balaban J connectivity index is 1.93. The molecule has 1 fully saturated rings. The molecule has 1 aliphatic carbocycles. The van der Waals surface area contributed by atoms with E-state index in [0.717, 1.165) is 19.2 Å². The molecule has 0 unspecified atom stereocenters. The molecule has 1 aromatic heterocycles. The molecule has 1 aliphatic rings. The Kier molecular flexibility index (Phi) is 7.24. The van der Waals surface area contributed by atoms with Gasteiger partial charge in [0, 0.05) is 32.0 Å². The van der Waals surface area contributed by atoms with Crippen LogP contribution in [-0.4, -0.2) is 39.9 Å². The molecule has 1 heterocycles. The first kappa shape index (κ1) is 26.2. The maximum atomic E-state index is 14.7. The van der Waals surface area contributed by atoms with Crippen molar-refractivity contribution in [2.75, 3.05) is 13.2 Å². The molecule has 0 radical (unpaired) electrons. The van der Waals surface area contributed by atoms with Gasteiger partial charge in [0.25, 0.3) is 5.56 Å². The molecule has 2 aromatic rings. The Morgan fingerprint density at radius 1 is 1.20 bits per heavy atom. The number of nitrogens with zero attached hydrogens (tertiary/aromatic N) is 2. The molecule has 1 saturated carbocycles. The second kappa shape index (κ2) is 9.68. The van der Waals surface area contributed by atoms with Crippen LogP contribution in [0, 0.1) is 5.82 Å². The Bertz CT molecular complexity index is 1310. The maximum Gasteiger partial charge on any atom is 0.431 e. The van der Waals surface area contributed by atoms with Crippen molar-refractivity contribution in [2.24, 2.45) is 7.05 Å². The lowest BCUT2D eigenvalue weighted by atomic mass is 10.2. The highest BCUT2D eigenvalue weighted by molar-refractivity contribution is 9.10. The van der Waals surface area contributed by atoms with Crippen LogP contribution in [0.4, 0.5) is 17.6 Å². The van der Waals surface area contributed by atoms with Crippen LogP contribution in [0.3, 0.4) is 0 Å². The molecule has 0 amide bonds. The van der Waals surface area contributed by atoms with Gasteiger partial charge in [-0.1, -0.05) is 12.7 Å². The average Bonchev–Trinajstić information content (AvgIpc) is 3.56. The van der Waals surface area contributed by atoms with Crippen LogP contribution in [0.1, 0.15) is 18.5 Å². The van der Waals surface area contributed by atoms with Gasteiger partial charge in [0.2, 0.25) is 5.60 Å². The maximum absolute atomic E-state index is 14.7. The molecule has 0 bridgehead atoms. The fraction of sp³-hybridized carbons (Fsp3) is 0.333. The highest BCUT2D eigenvalue weighted by Gasteiger charge is 2.55. The minimum Gasteiger partial charge on any atom is -0.474 e. The highest BCUT2D eigenvalue weighted by atomic mass is 79.9. The second-order valence-electron chi connectivity index (χ2n) is 7.42. The third-order valence-electron chi connectivity index (χ3n) is 4.92. The van der Waals surface area contributed by atoms with Crippen molar-refractivity contribution in [3.8, 4) is 11.4 Å². The third kappa shape index (κ3) is 5.47. The van der Waals surface area contributed by atoms with Crippen molar-refractivity contribution in [2.45, 2.75) is 24.6 Å². The lowest BCUT2D eigenvalue weighted by Crippen LogP contribution is -2.41. The zero-order valence-corrected chi connectivity index (χ0v) is 19.6. The Morgan fingerprint density at radius 2 is 1.86 bits per heavy atom. The lowest BCUT2D eigenvalue weighted by molar-refractivity contribution is -0.164. The summed E-state index contributed by atoms with van der Waals surface area (Å²) in [5.74, 6) is -3.05. The summed E-state index contributed by atoms with van der Waals surface area (Å²) in [6.07, 6.45) is -3.32. The number of rotatable bonds is 8. The molecule has 14 heteroatoms. The Morgan fingerprint density at radius 3 is 2.43 bits per heavy atom. The molecule has 35 heavy (non-hydrogen) atoms. The van der Waals surface area contributed by atoms with Gasteiger partial charge in [0.05, 0.1) is 10.2 Å². The van der Waals surface area contributed by atoms with Crippen LogP contribution in [0.25, 0.3) is 5.69 Å². The summed E-state index contributed by atoms with van der Waals surface area (Å²) < 4.78 is 69.6. The number of benzene rings is 1. The van der Waals surface area contributed by atoms with Gasteiger partial charge in [-0.05, 0) is 22.0 Å². The number of aromatic nitrogens is 2. The summed E-state index contributed by atoms with van der Waals surface area (Å²) in [5, 5.41) is 0. The number of esters is 2. The van der Waals surface area contributed by atoms with Crippen molar-refractivity contribution >= 4 is 27.9 Å². The number of ether oxygens (including phenoxy) is 3. The third-order valence-corrected chi connectivity index (χ3v) is 5.54. The van der Waals surface area contributed by atoms with Crippen LogP contribution >= 0.6 is 15.9 Å². The quantitative estimate of drug-likeness (QED) is 0.275. The number of hydrogen-bond acceptors (Lipinski definition) is 7. The van der Waals surface area contributed by atoms with Gasteiger partial charge in [-0.25, -0.2) is 23.3 Å². The summed E-state index contributed by atoms with van der Waals surface area (Å²) in [5.41, 5.74) is -6.60. The molecule has 1 aromatic carbocycles. The van der Waals surface area contributed by atoms with Gasteiger partial charge in [0.15, 0.2) is 6.61 Å². The fourth-order valence-electron chi connectivity index (χ4n) is 3.01. The van der Waals surface area contributed by atoms with Crippen LogP contribution in [0.15, 0.2) is 44.9 Å². The number of carbonyl (C=O) groups is 2. The van der Waals surface area contributed by atoms with Gasteiger partial charge in [0.1, 0.15) is 23.9 Å². The monoisotopic (exact) mass is 564 g/mol. The normalized spacial score (nSPS) is 14.2. The summed E-state index contributed by atoms with van der Waals surface area (Å²) in [4.78, 5) is 48.8. The van der Waals surface area contributed by atoms with E-state index in [1.165, 1.54) is 6.08 Å². The van der Waals surface area contributed by atoms with Gasteiger partial charge in [-0.3, -0.25) is 9.36 Å². The standard InChI is InChI=1S/C21H17BrF4N2O7/c1-3-6-33-17(30)10-34-18(31)20(4-5-20)35-14-8-13(12(23)7-11(14)22)28-16(29)9-15(21(24,25)26)27(2)19(28)32/h3,7-9H,1,4-6,10H2,2H3. The van der Waals surface area contributed by atoms with Crippen molar-refractivity contribution in [3.05, 3.63) is 67.7 Å². The van der Waals surface area contributed by atoms with Gasteiger partial charge in [-0.2, -0.15) is 13.2 Å². The number of halogens is 5. The molecule has 0 aliphatic heterocycles. The van der Waals surface area contributed by atoms with E-state index in [0.29, 0.717) is 0 Å². The number of carbonyl (C=O) groups excluding carboxylic acids is 2. The van der Waals surface area contributed by atoms with Crippen LogP contribution in [0.5, 0.6) is 5.75 Å². The van der Waals surface area contributed by atoms with Crippen molar-refractivity contribution < 1.29 is 41.4 Å². The van der Waals surface area contributed by atoms with Crippen LogP contribution in [0.2, 0.25) is 0 Å². The summed E-state index contributed by atoms with van der Waals surface area (Å²) in [6.45, 7) is 2.60. The minimum absolute atomic E-state index is 0.0139. The van der Waals surface area contributed by atoms with Gasteiger partial charge >= 0.3 is 23.8 Å². The summed E-state index contributed by atoms with van der Waals surface area (Å²) >= 11 is 3.04. The molecule has 0 N–H and O–H groups in total. The largest absolute Gasteiger partial charge is 0.474 e. The van der Waals surface area contributed by atoms with E-state index in [2.05, 4.69) is 22.5 Å². The molecule has 0 saturated heterocycles. The second-order valence-corrected chi connectivity index (χ2v) is 8.28. The zero-order chi connectivity index (χ0) is 26.1. The lowest BCUT2D eigenvalue weighted by Gasteiger charge is -2.19. The SMILES string of the molecule is C=CCOC(=O)COC(=O)C1(Oc2cc(-n3c(=O)cc(C(F)(F)F)n(C)c3=O)c(F)cc2Br)CC1. The van der Waals surface area contributed by atoms with E-state index >= 15 is 0 Å². The first-order chi connectivity index (χ1) is 16.3. The molecule has 188 valence electrons. The smallest absolute Gasteiger partial charge is 0.431 e. The Labute approximate surface area is 202 Å². The van der Waals surface area contributed by atoms with E-state index in [9.17, 15) is 36.7 Å². The van der Waals surface area contributed by atoms with Crippen molar-refractivity contribution in [3.63, 3.8) is 0 Å². The zero-order valence-electron chi connectivity index (χ0n) is 18.0. The van der Waals surface area contributed by atoms with Crippen LogP contribution in [-0.2, 0) is 32.3 Å². The van der Waals surface area contributed by atoms with Crippen molar-refractivity contribution in [1.82, 2.24) is 9.13 Å². The fourth-order valence-corrected chi connectivity index (χ4v) is 3.41. The predicted octanol–water partition coefficient (Wildman–Crippen LogP) is 2.64. The highest BCUT2D eigenvalue weighted by Crippen LogP contribution is 2.44. The predicted molar refractivity (Wildman–Crippen MR) is 115 cm³/mol.